The molecule has 0 N–H and O–H groups in total. The van der Waals surface area contributed by atoms with Gasteiger partial charge in [-0.05, 0) is 12.1 Å². The third-order valence-corrected chi connectivity index (χ3v) is 1.38. The molecule has 0 radical (unpaired) electrons. The van der Waals surface area contributed by atoms with Crippen molar-refractivity contribution in [2.75, 3.05) is 0 Å². The molecule has 0 fully saturated rings. The SMILES string of the molecule is O=C([O-])Cc1cccc(C(F)F)n1.[Na+]. The van der Waals surface area contributed by atoms with Gasteiger partial charge in [0.1, 0.15) is 5.69 Å². The molecule has 1 heterocycles. The average molecular weight is 209 g/mol. The van der Waals surface area contributed by atoms with Gasteiger partial charge in [0.05, 0.1) is 0 Å². The maximum atomic E-state index is 12.1. The van der Waals surface area contributed by atoms with Gasteiger partial charge >= 0.3 is 29.6 Å². The third-order valence-electron chi connectivity index (χ3n) is 1.38. The van der Waals surface area contributed by atoms with Crippen LogP contribution in [0.15, 0.2) is 18.2 Å². The second-order valence-electron chi connectivity index (χ2n) is 2.40. The number of aromatic nitrogens is 1. The van der Waals surface area contributed by atoms with Crippen LogP contribution in [0, 0.1) is 0 Å². The van der Waals surface area contributed by atoms with Crippen molar-refractivity contribution in [1.29, 1.82) is 0 Å². The van der Waals surface area contributed by atoms with Gasteiger partial charge in [-0.3, -0.25) is 4.98 Å². The molecule has 0 aromatic carbocycles. The first kappa shape index (κ1) is 13.5. The molecule has 0 aliphatic carbocycles. The summed E-state index contributed by atoms with van der Waals surface area (Å²) < 4.78 is 24.1. The van der Waals surface area contributed by atoms with E-state index in [1.54, 1.807) is 0 Å². The number of carbonyl (C=O) groups is 1. The van der Waals surface area contributed by atoms with Crippen LogP contribution < -0.4 is 34.7 Å². The number of hydrogen-bond donors (Lipinski definition) is 0. The fraction of sp³-hybridized carbons (Fsp3) is 0.250. The minimum absolute atomic E-state index is 0. The van der Waals surface area contributed by atoms with Crippen molar-refractivity contribution >= 4 is 5.97 Å². The Kier molecular flexibility index (Phi) is 5.83. The first-order valence-electron chi connectivity index (χ1n) is 3.53. The first-order chi connectivity index (χ1) is 6.09. The van der Waals surface area contributed by atoms with Crippen molar-refractivity contribution in [1.82, 2.24) is 4.98 Å². The molecule has 6 heteroatoms. The second-order valence-corrected chi connectivity index (χ2v) is 2.40. The van der Waals surface area contributed by atoms with E-state index in [1.165, 1.54) is 12.1 Å². The zero-order valence-electron chi connectivity index (χ0n) is 7.54. The van der Waals surface area contributed by atoms with E-state index >= 15 is 0 Å². The van der Waals surface area contributed by atoms with E-state index in [0.29, 0.717) is 0 Å². The average Bonchev–Trinajstić information content (AvgIpc) is 2.03. The van der Waals surface area contributed by atoms with Crippen LogP contribution in [0.25, 0.3) is 0 Å². The third kappa shape index (κ3) is 4.13. The van der Waals surface area contributed by atoms with Crippen LogP contribution in [-0.2, 0) is 11.2 Å². The molecule has 1 aromatic rings. The topological polar surface area (TPSA) is 53.0 Å². The van der Waals surface area contributed by atoms with E-state index in [9.17, 15) is 18.7 Å². The minimum atomic E-state index is -2.68. The molecule has 1 rings (SSSR count). The molecule has 0 saturated heterocycles. The Hall–Kier alpha value is -0.520. The normalized spacial score (nSPS) is 9.64. The minimum Gasteiger partial charge on any atom is -0.550 e. The summed E-state index contributed by atoms with van der Waals surface area (Å²) in [6.45, 7) is 0. The van der Waals surface area contributed by atoms with E-state index in [4.69, 9.17) is 0 Å². The first-order valence-corrected chi connectivity index (χ1v) is 3.53. The fourth-order valence-electron chi connectivity index (χ4n) is 0.866. The molecule has 70 valence electrons. The maximum absolute atomic E-state index is 12.1. The summed E-state index contributed by atoms with van der Waals surface area (Å²) in [5, 5.41) is 10.1. The molecule has 0 amide bonds. The quantitative estimate of drug-likeness (QED) is 0.509. The number of carbonyl (C=O) groups excluding carboxylic acids is 1. The van der Waals surface area contributed by atoms with Crippen LogP contribution in [-0.4, -0.2) is 11.0 Å². The van der Waals surface area contributed by atoms with Gasteiger partial charge in [-0.2, -0.15) is 0 Å². The monoisotopic (exact) mass is 209 g/mol. The molecule has 0 spiro atoms. The number of nitrogens with zero attached hydrogens (tertiary/aromatic N) is 1. The Bertz CT molecular complexity index is 320. The van der Waals surface area contributed by atoms with E-state index in [1.807, 2.05) is 0 Å². The number of carboxylic acid groups (broad SMARTS) is 1. The zero-order chi connectivity index (χ0) is 9.84. The van der Waals surface area contributed by atoms with Crippen LogP contribution in [0.1, 0.15) is 17.8 Å². The maximum Gasteiger partial charge on any atom is 1.00 e. The molecule has 0 aliphatic heterocycles. The van der Waals surface area contributed by atoms with Crippen LogP contribution >= 0.6 is 0 Å². The smallest absolute Gasteiger partial charge is 0.550 e. The molecule has 0 saturated carbocycles. The number of rotatable bonds is 3. The number of hydrogen-bond acceptors (Lipinski definition) is 3. The van der Waals surface area contributed by atoms with Crippen LogP contribution in [0.2, 0.25) is 0 Å². The Morgan fingerprint density at radius 3 is 2.64 bits per heavy atom. The summed E-state index contributed by atoms with van der Waals surface area (Å²) in [5.41, 5.74) is -0.337. The van der Waals surface area contributed by atoms with Gasteiger partial charge in [0.15, 0.2) is 0 Å². The molecule has 0 atom stereocenters. The van der Waals surface area contributed by atoms with Gasteiger partial charge in [-0.1, -0.05) is 6.07 Å². The Balaban J connectivity index is 0.00000169. The van der Waals surface area contributed by atoms with Crippen molar-refractivity contribution in [2.45, 2.75) is 12.8 Å². The Morgan fingerprint density at radius 2 is 2.14 bits per heavy atom. The summed E-state index contributed by atoms with van der Waals surface area (Å²) in [6.07, 6.45) is -3.12. The van der Waals surface area contributed by atoms with Gasteiger partial charge in [-0.15, -0.1) is 0 Å². The predicted molar refractivity (Wildman–Crippen MR) is 37.9 cm³/mol. The van der Waals surface area contributed by atoms with Crippen molar-refractivity contribution < 1.29 is 48.2 Å². The molecule has 1 aromatic heterocycles. The van der Waals surface area contributed by atoms with Gasteiger partial charge in [-0.25, -0.2) is 8.78 Å². The molecule has 14 heavy (non-hydrogen) atoms. The predicted octanol–water partition coefficient (Wildman–Crippen LogP) is -2.68. The van der Waals surface area contributed by atoms with E-state index < -0.39 is 24.5 Å². The summed E-state index contributed by atoms with van der Waals surface area (Å²) in [6, 6.07) is 3.85. The van der Waals surface area contributed by atoms with Crippen molar-refractivity contribution in [2.24, 2.45) is 0 Å². The summed E-state index contributed by atoms with van der Waals surface area (Å²) in [5.74, 6) is -1.33. The molecule has 3 nitrogen and oxygen atoms in total. The molecule has 0 aliphatic rings. The number of halogens is 2. The fourth-order valence-corrected chi connectivity index (χ4v) is 0.866. The Labute approximate surface area is 101 Å². The zero-order valence-corrected chi connectivity index (χ0v) is 9.54. The number of carboxylic acids is 1. The largest absolute Gasteiger partial charge is 1.00 e. The van der Waals surface area contributed by atoms with Gasteiger partial charge in [0, 0.05) is 18.1 Å². The summed E-state index contributed by atoms with van der Waals surface area (Å²) >= 11 is 0. The standard InChI is InChI=1S/C8H7F2NO2.Na/c9-8(10)6-3-1-2-5(11-6)4-7(12)13;/h1-3,8H,4H2,(H,12,13);/q;+1/p-1. The van der Waals surface area contributed by atoms with Gasteiger partial charge < -0.3 is 9.90 Å². The molecular formula is C8H6F2NNaO2. The van der Waals surface area contributed by atoms with Crippen molar-refractivity contribution in [3.05, 3.63) is 29.6 Å². The number of pyridine rings is 1. The van der Waals surface area contributed by atoms with Crippen LogP contribution in [0.3, 0.4) is 0 Å². The number of alkyl halides is 2. The summed E-state index contributed by atoms with van der Waals surface area (Å²) in [7, 11) is 0. The van der Waals surface area contributed by atoms with E-state index in [-0.39, 0.29) is 35.3 Å². The molecular weight excluding hydrogens is 203 g/mol. The second kappa shape index (κ2) is 6.06. The van der Waals surface area contributed by atoms with Gasteiger partial charge in [0.25, 0.3) is 6.43 Å². The van der Waals surface area contributed by atoms with Crippen LogP contribution in [0.4, 0.5) is 8.78 Å². The summed E-state index contributed by atoms with van der Waals surface area (Å²) in [4.78, 5) is 13.6. The van der Waals surface area contributed by atoms with Crippen molar-refractivity contribution in [3.8, 4) is 0 Å². The van der Waals surface area contributed by atoms with E-state index in [2.05, 4.69) is 4.98 Å². The van der Waals surface area contributed by atoms with E-state index in [0.717, 1.165) is 6.07 Å². The Morgan fingerprint density at radius 1 is 1.50 bits per heavy atom. The van der Waals surface area contributed by atoms with Crippen molar-refractivity contribution in [3.63, 3.8) is 0 Å². The van der Waals surface area contributed by atoms with Gasteiger partial charge in [0.2, 0.25) is 0 Å². The van der Waals surface area contributed by atoms with Crippen LogP contribution in [0.5, 0.6) is 0 Å². The molecule has 0 unspecified atom stereocenters. The number of aliphatic carboxylic acids is 1. The molecule has 0 bridgehead atoms.